The van der Waals surface area contributed by atoms with Gasteiger partial charge in [-0.25, -0.2) is 4.79 Å². The van der Waals surface area contributed by atoms with Crippen molar-refractivity contribution in [1.82, 2.24) is 5.32 Å². The van der Waals surface area contributed by atoms with E-state index in [4.69, 9.17) is 0 Å². The van der Waals surface area contributed by atoms with Gasteiger partial charge in [0.25, 0.3) is 0 Å². The van der Waals surface area contributed by atoms with Crippen molar-refractivity contribution in [3.63, 3.8) is 0 Å². The van der Waals surface area contributed by atoms with E-state index in [1.165, 1.54) is 6.92 Å². The molecule has 1 fully saturated rings. The number of benzene rings is 1. The third kappa shape index (κ3) is 3.52. The molecule has 0 saturated carbocycles. The van der Waals surface area contributed by atoms with E-state index in [0.29, 0.717) is 0 Å². The second-order valence-corrected chi connectivity index (χ2v) is 6.22. The highest BCUT2D eigenvalue weighted by molar-refractivity contribution is 6.01. The van der Waals surface area contributed by atoms with Gasteiger partial charge in [-0.15, -0.1) is 0 Å². The molecule has 2 atom stereocenters. The number of nitrogens with one attached hydrogen (secondary N) is 1. The summed E-state index contributed by atoms with van der Waals surface area (Å²) in [5.74, 6) is -2.12. The SMILES string of the molecule is CCC(C)(NC(=O)C1CC(=O)N(c2ccc(C)cc2)C1)C(=O)O. The number of carbonyl (C=O) groups is 3. The van der Waals surface area contributed by atoms with Crippen LogP contribution in [0.25, 0.3) is 0 Å². The van der Waals surface area contributed by atoms with Crippen LogP contribution in [-0.4, -0.2) is 35.0 Å². The van der Waals surface area contributed by atoms with E-state index in [2.05, 4.69) is 5.32 Å². The van der Waals surface area contributed by atoms with Gasteiger partial charge in [-0.1, -0.05) is 24.6 Å². The first-order chi connectivity index (χ1) is 10.8. The Labute approximate surface area is 135 Å². The van der Waals surface area contributed by atoms with Crippen LogP contribution in [0.3, 0.4) is 0 Å². The molecule has 1 aromatic carbocycles. The lowest BCUT2D eigenvalue weighted by Gasteiger charge is -2.26. The lowest BCUT2D eigenvalue weighted by atomic mass is 9.97. The Bertz CT molecular complexity index is 626. The molecule has 0 spiro atoms. The third-order valence-electron chi connectivity index (χ3n) is 4.42. The van der Waals surface area contributed by atoms with E-state index in [9.17, 15) is 19.5 Å². The monoisotopic (exact) mass is 318 g/mol. The van der Waals surface area contributed by atoms with Crippen LogP contribution in [0.5, 0.6) is 0 Å². The average molecular weight is 318 g/mol. The molecule has 2 rings (SSSR count). The average Bonchev–Trinajstić information content (AvgIpc) is 2.90. The van der Waals surface area contributed by atoms with Crippen LogP contribution in [0.2, 0.25) is 0 Å². The quantitative estimate of drug-likeness (QED) is 0.865. The third-order valence-corrected chi connectivity index (χ3v) is 4.42. The van der Waals surface area contributed by atoms with Crippen LogP contribution in [0.4, 0.5) is 5.69 Å². The van der Waals surface area contributed by atoms with Crippen LogP contribution in [-0.2, 0) is 14.4 Å². The predicted molar refractivity (Wildman–Crippen MR) is 86.1 cm³/mol. The number of rotatable bonds is 5. The van der Waals surface area contributed by atoms with Crippen molar-refractivity contribution in [2.75, 3.05) is 11.4 Å². The molecule has 1 aromatic rings. The van der Waals surface area contributed by atoms with Gasteiger partial charge >= 0.3 is 5.97 Å². The van der Waals surface area contributed by atoms with E-state index in [0.717, 1.165) is 11.3 Å². The van der Waals surface area contributed by atoms with Crippen molar-refractivity contribution in [2.45, 2.75) is 39.2 Å². The van der Waals surface area contributed by atoms with Crippen LogP contribution >= 0.6 is 0 Å². The molecule has 23 heavy (non-hydrogen) atoms. The predicted octanol–water partition coefficient (Wildman–Crippen LogP) is 1.72. The maximum Gasteiger partial charge on any atom is 0.329 e. The molecule has 0 aromatic heterocycles. The first kappa shape index (κ1) is 17.0. The topological polar surface area (TPSA) is 86.7 Å². The number of amides is 2. The fraction of sp³-hybridized carbons (Fsp3) is 0.471. The summed E-state index contributed by atoms with van der Waals surface area (Å²) in [4.78, 5) is 37.4. The number of aliphatic carboxylic acids is 1. The van der Waals surface area contributed by atoms with Crippen molar-refractivity contribution < 1.29 is 19.5 Å². The largest absolute Gasteiger partial charge is 0.480 e. The zero-order chi connectivity index (χ0) is 17.2. The van der Waals surface area contributed by atoms with Gasteiger partial charge in [-0.3, -0.25) is 9.59 Å². The smallest absolute Gasteiger partial charge is 0.329 e. The number of carboxylic acid groups (broad SMARTS) is 1. The molecule has 1 heterocycles. The summed E-state index contributed by atoms with van der Waals surface area (Å²) < 4.78 is 0. The molecule has 6 nitrogen and oxygen atoms in total. The highest BCUT2D eigenvalue weighted by Gasteiger charge is 2.39. The van der Waals surface area contributed by atoms with Crippen molar-refractivity contribution in [1.29, 1.82) is 0 Å². The lowest BCUT2D eigenvalue weighted by molar-refractivity contribution is -0.147. The van der Waals surface area contributed by atoms with Gasteiger partial charge in [-0.05, 0) is 32.4 Å². The maximum atomic E-state index is 12.3. The molecule has 6 heteroatoms. The summed E-state index contributed by atoms with van der Waals surface area (Å²) >= 11 is 0. The Morgan fingerprint density at radius 2 is 1.96 bits per heavy atom. The minimum absolute atomic E-state index is 0.0964. The van der Waals surface area contributed by atoms with Crippen LogP contribution in [0.15, 0.2) is 24.3 Å². The van der Waals surface area contributed by atoms with Crippen molar-refractivity contribution in [2.24, 2.45) is 5.92 Å². The maximum absolute atomic E-state index is 12.3. The van der Waals surface area contributed by atoms with E-state index < -0.39 is 17.4 Å². The fourth-order valence-corrected chi connectivity index (χ4v) is 2.52. The molecule has 2 unspecified atom stereocenters. The number of anilines is 1. The molecule has 2 amide bonds. The van der Waals surface area contributed by atoms with E-state index >= 15 is 0 Å². The standard InChI is InChI=1S/C17H22N2O4/c1-4-17(3,16(22)23)18-15(21)12-9-14(20)19(10-12)13-7-5-11(2)6-8-13/h5-8,12H,4,9-10H2,1-3H3,(H,18,21)(H,22,23). The van der Waals surface area contributed by atoms with Crippen LogP contribution in [0, 0.1) is 12.8 Å². The summed E-state index contributed by atoms with van der Waals surface area (Å²) in [5, 5.41) is 11.8. The minimum Gasteiger partial charge on any atom is -0.480 e. The Morgan fingerprint density at radius 1 is 1.35 bits per heavy atom. The van der Waals surface area contributed by atoms with Crippen molar-refractivity contribution >= 4 is 23.5 Å². The Balaban J connectivity index is 2.08. The highest BCUT2D eigenvalue weighted by atomic mass is 16.4. The molecule has 124 valence electrons. The summed E-state index contributed by atoms with van der Waals surface area (Å²) in [5.41, 5.74) is 0.541. The van der Waals surface area contributed by atoms with Gasteiger partial charge in [0.1, 0.15) is 5.54 Å². The van der Waals surface area contributed by atoms with E-state index in [-0.39, 0.29) is 31.2 Å². The van der Waals surface area contributed by atoms with Gasteiger partial charge in [0.2, 0.25) is 11.8 Å². The van der Waals surface area contributed by atoms with Crippen molar-refractivity contribution in [3.05, 3.63) is 29.8 Å². The van der Waals surface area contributed by atoms with Gasteiger partial charge in [-0.2, -0.15) is 0 Å². The molecular weight excluding hydrogens is 296 g/mol. The molecule has 0 bridgehead atoms. The summed E-state index contributed by atoms with van der Waals surface area (Å²) in [7, 11) is 0. The van der Waals surface area contributed by atoms with Gasteiger partial charge in [0, 0.05) is 18.7 Å². The van der Waals surface area contributed by atoms with Gasteiger partial charge in [0.05, 0.1) is 5.92 Å². The normalized spacial score (nSPS) is 20.2. The van der Waals surface area contributed by atoms with E-state index in [1.807, 2.05) is 31.2 Å². The van der Waals surface area contributed by atoms with Crippen LogP contribution < -0.4 is 10.2 Å². The molecule has 0 radical (unpaired) electrons. The van der Waals surface area contributed by atoms with Crippen molar-refractivity contribution in [3.8, 4) is 0 Å². The second kappa shape index (κ2) is 6.40. The number of hydrogen-bond donors (Lipinski definition) is 2. The van der Waals surface area contributed by atoms with E-state index in [1.54, 1.807) is 11.8 Å². The first-order valence-electron chi connectivity index (χ1n) is 7.69. The van der Waals surface area contributed by atoms with Gasteiger partial charge in [0.15, 0.2) is 0 Å². The zero-order valence-corrected chi connectivity index (χ0v) is 13.6. The Morgan fingerprint density at radius 3 is 2.48 bits per heavy atom. The summed E-state index contributed by atoms with van der Waals surface area (Å²) in [6.07, 6.45) is 0.371. The molecular formula is C17H22N2O4. The van der Waals surface area contributed by atoms with Gasteiger partial charge < -0.3 is 15.3 Å². The number of aryl methyl sites for hydroxylation is 1. The van der Waals surface area contributed by atoms with Crippen LogP contribution in [0.1, 0.15) is 32.3 Å². The minimum atomic E-state index is -1.31. The molecule has 1 saturated heterocycles. The summed E-state index contributed by atoms with van der Waals surface area (Å²) in [6, 6.07) is 7.52. The number of nitrogens with zero attached hydrogens (tertiary/aromatic N) is 1. The molecule has 1 aliphatic rings. The highest BCUT2D eigenvalue weighted by Crippen LogP contribution is 2.26. The lowest BCUT2D eigenvalue weighted by Crippen LogP contribution is -2.53. The Hall–Kier alpha value is -2.37. The molecule has 2 N–H and O–H groups in total. The summed E-state index contributed by atoms with van der Waals surface area (Å²) in [6.45, 7) is 5.41. The first-order valence-corrected chi connectivity index (χ1v) is 7.69. The number of carboxylic acids is 1. The zero-order valence-electron chi connectivity index (χ0n) is 13.6. The fourth-order valence-electron chi connectivity index (χ4n) is 2.52. The molecule has 0 aliphatic carbocycles. The number of carbonyl (C=O) groups excluding carboxylic acids is 2. The molecule has 1 aliphatic heterocycles. The number of hydrogen-bond acceptors (Lipinski definition) is 3. The Kier molecular flexibility index (Phi) is 4.73. The second-order valence-electron chi connectivity index (χ2n) is 6.22.